The molecule has 1 aliphatic rings. The average Bonchev–Trinajstić information content (AvgIpc) is 2.98. The number of rotatable bonds is 2. The lowest BCUT2D eigenvalue weighted by molar-refractivity contribution is 0.0595. The summed E-state index contributed by atoms with van der Waals surface area (Å²) in [6.07, 6.45) is 3.04. The minimum atomic E-state index is -0.384. The summed E-state index contributed by atoms with van der Waals surface area (Å²) in [5.41, 5.74) is 7.55. The van der Waals surface area contributed by atoms with Crippen molar-refractivity contribution in [1.82, 2.24) is 4.90 Å². The van der Waals surface area contributed by atoms with Gasteiger partial charge in [0.25, 0.3) is 11.8 Å². The van der Waals surface area contributed by atoms with E-state index in [-0.39, 0.29) is 17.9 Å². The Morgan fingerprint density at radius 1 is 1.21 bits per heavy atom. The lowest BCUT2D eigenvalue weighted by atomic mass is 10.1. The van der Waals surface area contributed by atoms with Crippen molar-refractivity contribution >= 4 is 17.5 Å². The van der Waals surface area contributed by atoms with Gasteiger partial charge in [-0.2, -0.15) is 0 Å². The highest BCUT2D eigenvalue weighted by molar-refractivity contribution is 6.23. The van der Waals surface area contributed by atoms with Gasteiger partial charge in [-0.1, -0.05) is 6.07 Å². The number of nitrogens with zero attached hydrogens (tertiary/aromatic N) is 1. The summed E-state index contributed by atoms with van der Waals surface area (Å²) < 4.78 is 4.99. The average molecular weight is 256 g/mol. The number of carbonyl (C=O) groups is 2. The van der Waals surface area contributed by atoms with E-state index >= 15 is 0 Å². The molecular formula is C14H12N2O3. The monoisotopic (exact) mass is 256 g/mol. The van der Waals surface area contributed by atoms with Crippen LogP contribution in [-0.2, 0) is 0 Å². The summed E-state index contributed by atoms with van der Waals surface area (Å²) in [7, 11) is 0. The van der Waals surface area contributed by atoms with E-state index < -0.39 is 0 Å². The van der Waals surface area contributed by atoms with E-state index in [9.17, 15) is 9.59 Å². The van der Waals surface area contributed by atoms with Crippen molar-refractivity contribution in [3.05, 3.63) is 53.5 Å². The number of nitrogen functional groups attached to an aromatic ring is 1. The summed E-state index contributed by atoms with van der Waals surface area (Å²) in [5.74, 6) is -0.673. The van der Waals surface area contributed by atoms with Crippen LogP contribution in [0.2, 0.25) is 0 Å². The molecule has 2 amide bonds. The van der Waals surface area contributed by atoms with Gasteiger partial charge in [0.1, 0.15) is 0 Å². The van der Waals surface area contributed by atoms with Crippen LogP contribution in [0, 0.1) is 0 Å². The minimum Gasteiger partial charge on any atom is -0.472 e. The molecule has 0 bridgehead atoms. The molecule has 0 spiro atoms. The molecule has 1 unspecified atom stereocenters. The predicted octanol–water partition coefficient (Wildman–Crippen LogP) is 2.22. The van der Waals surface area contributed by atoms with Crippen molar-refractivity contribution < 1.29 is 14.0 Å². The van der Waals surface area contributed by atoms with Gasteiger partial charge in [-0.15, -0.1) is 0 Å². The second-order valence-corrected chi connectivity index (χ2v) is 4.48. The second-order valence-electron chi connectivity index (χ2n) is 4.48. The zero-order valence-corrected chi connectivity index (χ0v) is 10.3. The molecule has 1 aromatic carbocycles. The fraction of sp³-hybridized carbons (Fsp3) is 0.143. The van der Waals surface area contributed by atoms with E-state index in [1.807, 2.05) is 0 Å². The van der Waals surface area contributed by atoms with Gasteiger partial charge in [0.2, 0.25) is 0 Å². The fourth-order valence-corrected chi connectivity index (χ4v) is 2.34. The van der Waals surface area contributed by atoms with Gasteiger partial charge in [-0.05, 0) is 25.1 Å². The normalized spacial score (nSPS) is 15.7. The van der Waals surface area contributed by atoms with Crippen LogP contribution in [0.4, 0.5) is 5.69 Å². The number of hydrogen-bond acceptors (Lipinski definition) is 4. The summed E-state index contributed by atoms with van der Waals surface area (Å²) in [6.45, 7) is 1.78. The maximum Gasteiger partial charge on any atom is 0.264 e. The number of furan rings is 1. The summed E-state index contributed by atoms with van der Waals surface area (Å²) in [4.78, 5) is 25.9. The third-order valence-electron chi connectivity index (χ3n) is 3.39. The number of benzene rings is 1. The van der Waals surface area contributed by atoms with Crippen molar-refractivity contribution in [3.63, 3.8) is 0 Å². The molecule has 1 aliphatic heterocycles. The molecule has 3 rings (SSSR count). The van der Waals surface area contributed by atoms with Gasteiger partial charge in [-0.3, -0.25) is 14.5 Å². The largest absolute Gasteiger partial charge is 0.472 e. The Morgan fingerprint density at radius 3 is 2.63 bits per heavy atom. The molecule has 0 radical (unpaired) electrons. The molecule has 5 nitrogen and oxygen atoms in total. The van der Waals surface area contributed by atoms with Gasteiger partial charge in [0, 0.05) is 11.3 Å². The smallest absolute Gasteiger partial charge is 0.264 e. The number of amides is 2. The Bertz CT molecular complexity index is 661. The molecule has 0 aliphatic carbocycles. The Balaban J connectivity index is 2.06. The first-order chi connectivity index (χ1) is 9.11. The van der Waals surface area contributed by atoms with E-state index in [1.165, 1.54) is 17.4 Å². The van der Waals surface area contributed by atoms with Crippen LogP contribution < -0.4 is 5.73 Å². The zero-order chi connectivity index (χ0) is 13.6. The number of fused-ring (bicyclic) bond motifs is 1. The molecule has 0 saturated heterocycles. The first-order valence-corrected chi connectivity index (χ1v) is 5.89. The van der Waals surface area contributed by atoms with Crippen molar-refractivity contribution in [1.29, 1.82) is 0 Å². The maximum absolute atomic E-state index is 12.4. The molecule has 5 heteroatoms. The molecule has 1 atom stereocenters. The van der Waals surface area contributed by atoms with Gasteiger partial charge in [-0.25, -0.2) is 0 Å². The standard InChI is InChI=1S/C14H12N2O3/c1-8(9-5-6-19-7-9)16-13(17)10-3-2-4-11(15)12(10)14(16)18/h2-8H,15H2,1H3. The number of anilines is 1. The lowest BCUT2D eigenvalue weighted by Crippen LogP contribution is -2.32. The summed E-state index contributed by atoms with van der Waals surface area (Å²) in [5, 5.41) is 0. The van der Waals surface area contributed by atoms with Gasteiger partial charge in [0.15, 0.2) is 0 Å². The van der Waals surface area contributed by atoms with Crippen LogP contribution in [0.1, 0.15) is 39.2 Å². The van der Waals surface area contributed by atoms with Crippen LogP contribution in [-0.4, -0.2) is 16.7 Å². The van der Waals surface area contributed by atoms with Crippen LogP contribution in [0.3, 0.4) is 0 Å². The third kappa shape index (κ3) is 1.55. The SMILES string of the molecule is CC(c1ccoc1)N1C(=O)c2cccc(N)c2C1=O. The lowest BCUT2D eigenvalue weighted by Gasteiger charge is -2.21. The number of imide groups is 1. The quantitative estimate of drug-likeness (QED) is 0.660. The van der Waals surface area contributed by atoms with Crippen molar-refractivity contribution in [3.8, 4) is 0 Å². The molecule has 0 saturated carbocycles. The molecule has 19 heavy (non-hydrogen) atoms. The fourth-order valence-electron chi connectivity index (χ4n) is 2.34. The third-order valence-corrected chi connectivity index (χ3v) is 3.39. The van der Waals surface area contributed by atoms with Crippen LogP contribution >= 0.6 is 0 Å². The van der Waals surface area contributed by atoms with Crippen LogP contribution in [0.25, 0.3) is 0 Å². The first kappa shape index (κ1) is 11.5. The van der Waals surface area contributed by atoms with E-state index in [0.29, 0.717) is 16.8 Å². The summed E-state index contributed by atoms with van der Waals surface area (Å²) in [6, 6.07) is 6.26. The van der Waals surface area contributed by atoms with Crippen molar-refractivity contribution in [2.45, 2.75) is 13.0 Å². The minimum absolute atomic E-state index is 0.294. The predicted molar refractivity (Wildman–Crippen MR) is 68.5 cm³/mol. The van der Waals surface area contributed by atoms with Crippen LogP contribution in [0.15, 0.2) is 41.2 Å². The molecule has 96 valence electrons. The molecule has 2 heterocycles. The molecule has 2 N–H and O–H groups in total. The van der Waals surface area contributed by atoms with Crippen molar-refractivity contribution in [2.75, 3.05) is 5.73 Å². The first-order valence-electron chi connectivity index (χ1n) is 5.89. The van der Waals surface area contributed by atoms with E-state index in [0.717, 1.165) is 5.56 Å². The van der Waals surface area contributed by atoms with E-state index in [2.05, 4.69) is 0 Å². The Kier molecular flexibility index (Phi) is 2.41. The topological polar surface area (TPSA) is 76.5 Å². The highest BCUT2D eigenvalue weighted by Gasteiger charge is 2.40. The second kappa shape index (κ2) is 3.98. The maximum atomic E-state index is 12.4. The highest BCUT2D eigenvalue weighted by Crippen LogP contribution is 2.33. The molecule has 2 aromatic rings. The Hall–Kier alpha value is -2.56. The Labute approximate surface area is 109 Å². The van der Waals surface area contributed by atoms with Crippen molar-refractivity contribution in [2.24, 2.45) is 0 Å². The van der Waals surface area contributed by atoms with Crippen LogP contribution in [0.5, 0.6) is 0 Å². The van der Waals surface area contributed by atoms with Gasteiger partial charge in [0.05, 0.1) is 29.7 Å². The molecular weight excluding hydrogens is 244 g/mol. The summed E-state index contributed by atoms with van der Waals surface area (Å²) >= 11 is 0. The zero-order valence-electron chi connectivity index (χ0n) is 10.3. The van der Waals surface area contributed by atoms with E-state index in [4.69, 9.17) is 10.2 Å². The van der Waals surface area contributed by atoms with E-state index in [1.54, 1.807) is 31.2 Å². The number of carbonyl (C=O) groups excluding carboxylic acids is 2. The highest BCUT2D eigenvalue weighted by atomic mass is 16.3. The Morgan fingerprint density at radius 2 is 2.00 bits per heavy atom. The van der Waals surface area contributed by atoms with Gasteiger partial charge < -0.3 is 10.2 Å². The van der Waals surface area contributed by atoms with Gasteiger partial charge >= 0.3 is 0 Å². The molecule has 0 fully saturated rings. The number of nitrogens with two attached hydrogens (primary N) is 1. The number of hydrogen-bond donors (Lipinski definition) is 1. The molecule has 1 aromatic heterocycles.